The van der Waals surface area contributed by atoms with Crippen LogP contribution in [0.15, 0.2) is 59.9 Å². The van der Waals surface area contributed by atoms with Crippen LogP contribution >= 0.6 is 11.6 Å². The van der Waals surface area contributed by atoms with Gasteiger partial charge in [0.25, 0.3) is 0 Å². The number of benzene rings is 1. The SMILES string of the molecule is CCN(C(=O)CCN(C)S(=O)(=O)c1ccc(C(F)(F)F)cc1)c1cn(-c2cccnc2)nc1Cl. The first-order chi connectivity index (χ1) is 15.9. The number of hydrogen-bond donors (Lipinski definition) is 0. The van der Waals surface area contributed by atoms with Crippen LogP contribution in [0.25, 0.3) is 5.69 Å². The zero-order valence-electron chi connectivity index (χ0n) is 18.2. The van der Waals surface area contributed by atoms with E-state index in [0.29, 0.717) is 23.5 Å². The predicted molar refractivity (Wildman–Crippen MR) is 120 cm³/mol. The fourth-order valence-electron chi connectivity index (χ4n) is 3.13. The minimum Gasteiger partial charge on any atom is -0.308 e. The maximum absolute atomic E-state index is 12.9. The lowest BCUT2D eigenvalue weighted by Crippen LogP contribution is -2.35. The van der Waals surface area contributed by atoms with Crippen molar-refractivity contribution >= 4 is 33.2 Å². The Balaban J connectivity index is 1.71. The van der Waals surface area contributed by atoms with E-state index in [2.05, 4.69) is 10.1 Å². The lowest BCUT2D eigenvalue weighted by molar-refractivity contribution is -0.137. The van der Waals surface area contributed by atoms with Gasteiger partial charge in [0, 0.05) is 32.8 Å². The number of halogens is 4. The van der Waals surface area contributed by atoms with Crippen LogP contribution in [0.1, 0.15) is 18.9 Å². The van der Waals surface area contributed by atoms with E-state index in [1.165, 1.54) is 16.6 Å². The van der Waals surface area contributed by atoms with Crippen LogP contribution in [0.2, 0.25) is 5.15 Å². The predicted octanol–water partition coefficient (Wildman–Crippen LogP) is 4.00. The molecule has 34 heavy (non-hydrogen) atoms. The summed E-state index contributed by atoms with van der Waals surface area (Å²) in [4.78, 5) is 18.0. The quantitative estimate of drug-likeness (QED) is 0.452. The standard InChI is InChI=1S/C21H21ClF3N5O3S/c1-3-29(18-14-30(27-20(18)22)16-5-4-11-26-13-16)19(31)10-12-28(2)34(32,33)17-8-6-15(7-9-17)21(23,24)25/h4-9,11,13-14H,3,10,12H2,1-2H3. The highest BCUT2D eigenvalue weighted by Gasteiger charge is 2.31. The molecule has 0 aliphatic rings. The van der Waals surface area contributed by atoms with Crippen molar-refractivity contribution in [1.82, 2.24) is 19.1 Å². The first-order valence-electron chi connectivity index (χ1n) is 10.0. The van der Waals surface area contributed by atoms with E-state index in [-0.39, 0.29) is 29.6 Å². The normalized spacial score (nSPS) is 12.2. The Hall–Kier alpha value is -2.96. The number of carbonyl (C=O) groups excluding carboxylic acids is 1. The molecule has 0 spiro atoms. The van der Waals surface area contributed by atoms with E-state index < -0.39 is 27.7 Å². The maximum atomic E-state index is 12.9. The molecule has 1 amide bonds. The van der Waals surface area contributed by atoms with Gasteiger partial charge in [0.15, 0.2) is 5.15 Å². The Morgan fingerprint density at radius 2 is 1.85 bits per heavy atom. The minimum atomic E-state index is -4.57. The Morgan fingerprint density at radius 3 is 2.41 bits per heavy atom. The summed E-state index contributed by atoms with van der Waals surface area (Å²) in [6.07, 6.45) is -0.00273. The second kappa shape index (κ2) is 10.1. The van der Waals surface area contributed by atoms with Crippen molar-refractivity contribution in [3.63, 3.8) is 0 Å². The lowest BCUT2D eigenvalue weighted by atomic mass is 10.2. The van der Waals surface area contributed by atoms with Crippen LogP contribution in [-0.4, -0.2) is 53.5 Å². The van der Waals surface area contributed by atoms with Gasteiger partial charge in [-0.05, 0) is 43.3 Å². The van der Waals surface area contributed by atoms with Gasteiger partial charge >= 0.3 is 6.18 Å². The van der Waals surface area contributed by atoms with E-state index >= 15 is 0 Å². The third-order valence-corrected chi connectivity index (χ3v) is 7.14. The molecule has 0 saturated carbocycles. The highest BCUT2D eigenvalue weighted by Crippen LogP contribution is 2.30. The molecule has 0 aliphatic heterocycles. The van der Waals surface area contributed by atoms with Crippen molar-refractivity contribution in [2.75, 3.05) is 25.0 Å². The Labute approximate surface area is 199 Å². The average Bonchev–Trinajstić information content (AvgIpc) is 3.19. The molecule has 2 aromatic heterocycles. The number of pyridine rings is 1. The zero-order valence-corrected chi connectivity index (χ0v) is 19.8. The van der Waals surface area contributed by atoms with Gasteiger partial charge in [0.1, 0.15) is 5.69 Å². The number of anilines is 1. The number of amides is 1. The summed E-state index contributed by atoms with van der Waals surface area (Å²) in [6.45, 7) is 1.80. The molecule has 0 N–H and O–H groups in total. The summed E-state index contributed by atoms with van der Waals surface area (Å²) in [5, 5.41) is 4.28. The molecular formula is C21H21ClF3N5O3S. The molecule has 8 nitrogen and oxygen atoms in total. The molecule has 3 aromatic rings. The third-order valence-electron chi connectivity index (χ3n) is 5.00. The van der Waals surface area contributed by atoms with Crippen LogP contribution in [0.3, 0.4) is 0 Å². The Bertz CT molecular complexity index is 1250. The fraction of sp³-hybridized carbons (Fsp3) is 0.286. The van der Waals surface area contributed by atoms with E-state index in [1.54, 1.807) is 37.6 Å². The molecule has 0 saturated heterocycles. The van der Waals surface area contributed by atoms with Gasteiger partial charge in [0.2, 0.25) is 15.9 Å². The lowest BCUT2D eigenvalue weighted by Gasteiger charge is -2.22. The smallest absolute Gasteiger partial charge is 0.308 e. The highest BCUT2D eigenvalue weighted by atomic mass is 35.5. The van der Waals surface area contributed by atoms with E-state index in [1.807, 2.05) is 0 Å². The largest absolute Gasteiger partial charge is 0.416 e. The van der Waals surface area contributed by atoms with Gasteiger partial charge in [-0.2, -0.15) is 18.3 Å². The van der Waals surface area contributed by atoms with Crippen molar-refractivity contribution < 1.29 is 26.4 Å². The van der Waals surface area contributed by atoms with Crippen LogP contribution in [0.4, 0.5) is 18.9 Å². The summed E-state index contributed by atoms with van der Waals surface area (Å²) in [7, 11) is -2.83. The number of hydrogen-bond acceptors (Lipinski definition) is 5. The second-order valence-corrected chi connectivity index (χ2v) is 9.60. The zero-order chi connectivity index (χ0) is 25.1. The van der Waals surface area contributed by atoms with Crippen molar-refractivity contribution in [3.05, 3.63) is 65.7 Å². The Morgan fingerprint density at radius 1 is 1.18 bits per heavy atom. The number of nitrogens with zero attached hydrogens (tertiary/aromatic N) is 5. The minimum absolute atomic E-state index is 0.0878. The molecule has 0 fully saturated rings. The van der Waals surface area contributed by atoms with Gasteiger partial charge in [0.05, 0.1) is 28.5 Å². The van der Waals surface area contributed by atoms with Crippen LogP contribution in [-0.2, 0) is 21.0 Å². The van der Waals surface area contributed by atoms with Crippen molar-refractivity contribution in [2.45, 2.75) is 24.4 Å². The average molecular weight is 516 g/mol. The molecule has 0 atom stereocenters. The van der Waals surface area contributed by atoms with Crippen LogP contribution < -0.4 is 4.90 Å². The maximum Gasteiger partial charge on any atom is 0.416 e. The molecule has 3 rings (SSSR count). The number of carbonyl (C=O) groups is 1. The van der Waals surface area contributed by atoms with Crippen molar-refractivity contribution in [1.29, 1.82) is 0 Å². The summed E-state index contributed by atoms with van der Waals surface area (Å²) in [5.41, 5.74) is 0.0411. The first-order valence-corrected chi connectivity index (χ1v) is 11.9. The van der Waals surface area contributed by atoms with Crippen molar-refractivity contribution in [3.8, 4) is 5.69 Å². The number of alkyl halides is 3. The summed E-state index contributed by atoms with van der Waals surface area (Å²) < 4.78 is 66.0. The first kappa shape index (κ1) is 25.7. The van der Waals surface area contributed by atoms with Gasteiger partial charge < -0.3 is 4.90 Å². The van der Waals surface area contributed by atoms with E-state index in [9.17, 15) is 26.4 Å². The van der Waals surface area contributed by atoms with Gasteiger partial charge in [-0.15, -0.1) is 0 Å². The molecule has 0 aliphatic carbocycles. The van der Waals surface area contributed by atoms with Crippen LogP contribution in [0.5, 0.6) is 0 Å². The second-order valence-electron chi connectivity index (χ2n) is 7.20. The Kier molecular flexibility index (Phi) is 7.64. The summed E-state index contributed by atoms with van der Waals surface area (Å²) in [6, 6.07) is 6.67. The summed E-state index contributed by atoms with van der Waals surface area (Å²) >= 11 is 6.24. The molecule has 2 heterocycles. The molecule has 13 heteroatoms. The van der Waals surface area contributed by atoms with Gasteiger partial charge in [-0.3, -0.25) is 9.78 Å². The van der Waals surface area contributed by atoms with Crippen LogP contribution in [0, 0.1) is 0 Å². The molecule has 1 aromatic carbocycles. The number of sulfonamides is 1. The van der Waals surface area contributed by atoms with Gasteiger partial charge in [-0.1, -0.05) is 11.6 Å². The summed E-state index contributed by atoms with van der Waals surface area (Å²) in [5.74, 6) is -0.399. The molecule has 182 valence electrons. The van der Waals surface area contributed by atoms with E-state index in [4.69, 9.17) is 11.6 Å². The van der Waals surface area contributed by atoms with Gasteiger partial charge in [-0.25, -0.2) is 17.4 Å². The highest BCUT2D eigenvalue weighted by molar-refractivity contribution is 7.89. The van der Waals surface area contributed by atoms with E-state index in [0.717, 1.165) is 16.4 Å². The third kappa shape index (κ3) is 5.57. The molecule has 0 unspecified atom stereocenters. The molecule has 0 radical (unpaired) electrons. The number of aromatic nitrogens is 3. The number of rotatable bonds is 8. The fourth-order valence-corrected chi connectivity index (χ4v) is 4.54. The monoisotopic (exact) mass is 515 g/mol. The topological polar surface area (TPSA) is 88.4 Å². The molecule has 0 bridgehead atoms. The molecular weight excluding hydrogens is 495 g/mol. The van der Waals surface area contributed by atoms with Crippen molar-refractivity contribution in [2.24, 2.45) is 0 Å².